The molecule has 0 fully saturated rings. The van der Waals surface area contributed by atoms with Crippen LogP contribution >= 0.6 is 0 Å². The third kappa shape index (κ3) is 3.86. The number of aromatic hydroxyl groups is 2. The first kappa shape index (κ1) is 12.0. The Hall–Kier alpha value is -1.12. The molecule has 0 aliphatic heterocycles. The summed E-state index contributed by atoms with van der Waals surface area (Å²) in [7, 11) is 0. The van der Waals surface area contributed by atoms with Crippen LogP contribution in [0.15, 0.2) is 12.1 Å². The summed E-state index contributed by atoms with van der Waals surface area (Å²) >= 11 is 0. The molecule has 0 aromatic carbocycles. The summed E-state index contributed by atoms with van der Waals surface area (Å²) in [5.74, 6) is 0.308. The van der Waals surface area contributed by atoms with Gasteiger partial charge >= 0.3 is 0 Å². The van der Waals surface area contributed by atoms with Crippen LogP contribution in [0.25, 0.3) is 0 Å². The van der Waals surface area contributed by atoms with E-state index in [-0.39, 0.29) is 11.8 Å². The Balaban J connectivity index is 2.15. The molecule has 1 rings (SSSR count). The first-order valence-electron chi connectivity index (χ1n) is 5.83. The van der Waals surface area contributed by atoms with Crippen LogP contribution in [0.1, 0.15) is 45.4 Å². The van der Waals surface area contributed by atoms with Gasteiger partial charge in [0.05, 0.1) is 0 Å². The zero-order chi connectivity index (χ0) is 11.1. The second kappa shape index (κ2) is 6.38. The molecule has 0 spiro atoms. The summed E-state index contributed by atoms with van der Waals surface area (Å²) in [6.45, 7) is 2.91. The van der Waals surface area contributed by atoms with Gasteiger partial charge in [-0.25, -0.2) is 0 Å². The maximum absolute atomic E-state index is 9.38. The summed E-state index contributed by atoms with van der Waals surface area (Å²) in [5.41, 5.74) is 0. The first-order chi connectivity index (χ1) is 7.25. The van der Waals surface area contributed by atoms with Crippen molar-refractivity contribution < 1.29 is 10.2 Å². The molecule has 0 saturated carbocycles. The van der Waals surface area contributed by atoms with Crippen LogP contribution in [0, 0.1) is 0 Å². The largest absolute Gasteiger partial charge is 0.494 e. The average Bonchev–Trinajstić information content (AvgIpc) is 2.54. The summed E-state index contributed by atoms with van der Waals surface area (Å²) in [5, 5.41) is 18.8. The molecule has 0 atom stereocenters. The summed E-state index contributed by atoms with van der Waals surface area (Å²) in [6, 6.07) is 3.04. The van der Waals surface area contributed by atoms with Crippen molar-refractivity contribution in [3.05, 3.63) is 12.1 Å². The van der Waals surface area contributed by atoms with Gasteiger partial charge in [-0.15, -0.1) is 0 Å². The normalized spacial score (nSPS) is 10.7. The minimum atomic E-state index is 0.154. The fraction of sp³-hybridized carbons (Fsp3) is 0.667. The maximum atomic E-state index is 9.38. The second-order valence-electron chi connectivity index (χ2n) is 3.97. The van der Waals surface area contributed by atoms with Crippen LogP contribution in [-0.4, -0.2) is 14.8 Å². The number of aromatic nitrogens is 1. The van der Waals surface area contributed by atoms with E-state index in [4.69, 9.17) is 0 Å². The van der Waals surface area contributed by atoms with Crippen LogP contribution in [0.5, 0.6) is 11.8 Å². The van der Waals surface area contributed by atoms with Gasteiger partial charge in [-0.1, -0.05) is 39.0 Å². The van der Waals surface area contributed by atoms with Crippen molar-refractivity contribution in [2.75, 3.05) is 0 Å². The highest BCUT2D eigenvalue weighted by atomic mass is 16.3. The molecule has 2 N–H and O–H groups in total. The van der Waals surface area contributed by atoms with E-state index in [1.54, 1.807) is 4.57 Å². The number of hydrogen-bond acceptors (Lipinski definition) is 2. The van der Waals surface area contributed by atoms with Gasteiger partial charge < -0.3 is 10.2 Å². The van der Waals surface area contributed by atoms with E-state index in [1.807, 2.05) is 0 Å². The molecule has 3 nitrogen and oxygen atoms in total. The van der Waals surface area contributed by atoms with E-state index < -0.39 is 0 Å². The fourth-order valence-electron chi connectivity index (χ4n) is 1.73. The molecule has 0 aliphatic carbocycles. The lowest BCUT2D eigenvalue weighted by Crippen LogP contribution is -1.96. The molecule has 0 unspecified atom stereocenters. The molecule has 0 saturated heterocycles. The minimum Gasteiger partial charge on any atom is -0.494 e. The van der Waals surface area contributed by atoms with Crippen LogP contribution in [0.4, 0.5) is 0 Å². The SMILES string of the molecule is CCCCCCCCn1c(O)ccc1O. The Morgan fingerprint density at radius 1 is 0.933 bits per heavy atom. The van der Waals surface area contributed by atoms with E-state index in [0.717, 1.165) is 12.8 Å². The molecule has 3 heteroatoms. The van der Waals surface area contributed by atoms with Gasteiger partial charge in [-0.2, -0.15) is 0 Å². The highest BCUT2D eigenvalue weighted by Gasteiger charge is 2.04. The standard InChI is InChI=1S/C12H21NO2/c1-2-3-4-5-6-7-10-13-11(14)8-9-12(13)15/h8-9,14-15H,2-7,10H2,1H3. The van der Waals surface area contributed by atoms with Gasteiger partial charge in [0.25, 0.3) is 0 Å². The zero-order valence-corrected chi connectivity index (χ0v) is 9.45. The highest BCUT2D eigenvalue weighted by molar-refractivity contribution is 5.23. The number of rotatable bonds is 7. The molecule has 86 valence electrons. The van der Waals surface area contributed by atoms with E-state index in [2.05, 4.69) is 6.92 Å². The fourth-order valence-corrected chi connectivity index (χ4v) is 1.73. The van der Waals surface area contributed by atoms with E-state index in [9.17, 15) is 10.2 Å². The van der Waals surface area contributed by atoms with Crippen molar-refractivity contribution in [1.29, 1.82) is 0 Å². The Bertz CT molecular complexity index is 262. The van der Waals surface area contributed by atoms with Crippen LogP contribution < -0.4 is 0 Å². The molecule has 0 aliphatic rings. The maximum Gasteiger partial charge on any atom is 0.193 e. The molecule has 0 amide bonds. The quantitative estimate of drug-likeness (QED) is 0.680. The Kier molecular flexibility index (Phi) is 5.08. The molecule has 1 heterocycles. The van der Waals surface area contributed by atoms with Crippen LogP contribution in [0.2, 0.25) is 0 Å². The number of unbranched alkanes of at least 4 members (excludes halogenated alkanes) is 5. The van der Waals surface area contributed by atoms with Gasteiger partial charge in [0.1, 0.15) is 0 Å². The first-order valence-corrected chi connectivity index (χ1v) is 5.83. The van der Waals surface area contributed by atoms with Gasteiger partial charge in [-0.05, 0) is 6.42 Å². The topological polar surface area (TPSA) is 45.4 Å². The van der Waals surface area contributed by atoms with Gasteiger partial charge in [0.15, 0.2) is 11.8 Å². The van der Waals surface area contributed by atoms with Crippen molar-refractivity contribution in [3.63, 3.8) is 0 Å². The molecular formula is C12H21NO2. The Morgan fingerprint density at radius 2 is 1.47 bits per heavy atom. The third-order valence-electron chi connectivity index (χ3n) is 2.67. The lowest BCUT2D eigenvalue weighted by atomic mass is 10.1. The number of hydrogen-bond donors (Lipinski definition) is 2. The summed E-state index contributed by atoms with van der Waals surface area (Å²) in [4.78, 5) is 0. The third-order valence-corrected chi connectivity index (χ3v) is 2.67. The van der Waals surface area contributed by atoms with Crippen molar-refractivity contribution in [3.8, 4) is 11.8 Å². The van der Waals surface area contributed by atoms with Gasteiger partial charge in [0, 0.05) is 18.7 Å². The zero-order valence-electron chi connectivity index (χ0n) is 9.45. The lowest BCUT2D eigenvalue weighted by Gasteiger charge is -2.06. The van der Waals surface area contributed by atoms with Crippen molar-refractivity contribution in [2.45, 2.75) is 52.0 Å². The molecule has 1 aromatic rings. The molecule has 15 heavy (non-hydrogen) atoms. The van der Waals surface area contributed by atoms with Crippen LogP contribution in [0.3, 0.4) is 0 Å². The molecular weight excluding hydrogens is 190 g/mol. The van der Waals surface area contributed by atoms with E-state index in [0.29, 0.717) is 6.54 Å². The summed E-state index contributed by atoms with van der Waals surface area (Å²) < 4.78 is 1.54. The predicted molar refractivity (Wildman–Crippen MR) is 61.1 cm³/mol. The second-order valence-corrected chi connectivity index (χ2v) is 3.97. The Labute approximate surface area is 91.4 Å². The summed E-state index contributed by atoms with van der Waals surface area (Å²) in [6.07, 6.45) is 7.28. The van der Waals surface area contributed by atoms with Crippen molar-refractivity contribution in [1.82, 2.24) is 4.57 Å². The average molecular weight is 211 g/mol. The van der Waals surface area contributed by atoms with Crippen LogP contribution in [-0.2, 0) is 6.54 Å². The minimum absolute atomic E-state index is 0.154. The van der Waals surface area contributed by atoms with Crippen molar-refractivity contribution in [2.24, 2.45) is 0 Å². The molecule has 0 radical (unpaired) electrons. The van der Waals surface area contributed by atoms with E-state index in [1.165, 1.54) is 37.8 Å². The van der Waals surface area contributed by atoms with Crippen molar-refractivity contribution >= 4 is 0 Å². The Morgan fingerprint density at radius 3 is 2.07 bits per heavy atom. The smallest absolute Gasteiger partial charge is 0.193 e. The molecule has 1 aromatic heterocycles. The predicted octanol–water partition coefficient (Wildman–Crippen LogP) is 3.26. The monoisotopic (exact) mass is 211 g/mol. The number of nitrogens with zero attached hydrogens (tertiary/aromatic N) is 1. The van der Waals surface area contributed by atoms with Gasteiger partial charge in [0.2, 0.25) is 0 Å². The molecule has 0 bridgehead atoms. The highest BCUT2D eigenvalue weighted by Crippen LogP contribution is 2.21. The van der Waals surface area contributed by atoms with E-state index >= 15 is 0 Å². The lowest BCUT2D eigenvalue weighted by molar-refractivity contribution is 0.361. The van der Waals surface area contributed by atoms with Gasteiger partial charge in [-0.3, -0.25) is 4.57 Å².